The number of nitrogen functional groups attached to an aromatic ring is 1. The van der Waals surface area contributed by atoms with Crippen molar-refractivity contribution in [3.8, 4) is 5.75 Å². The molecule has 7 heteroatoms. The van der Waals surface area contributed by atoms with Crippen molar-refractivity contribution in [2.75, 3.05) is 17.6 Å². The number of hydrogen-bond acceptors (Lipinski definition) is 6. The average Bonchev–Trinajstić information content (AvgIpc) is 2.89. The summed E-state index contributed by atoms with van der Waals surface area (Å²) in [4.78, 5) is 23.2. The van der Waals surface area contributed by atoms with Crippen LogP contribution in [0.3, 0.4) is 0 Å². The van der Waals surface area contributed by atoms with Crippen molar-refractivity contribution >= 4 is 40.4 Å². The van der Waals surface area contributed by atoms with Crippen molar-refractivity contribution in [1.29, 1.82) is 0 Å². The van der Waals surface area contributed by atoms with Crippen LogP contribution in [-0.2, 0) is 11.2 Å². The lowest BCUT2D eigenvalue weighted by Crippen LogP contribution is -2.17. The summed E-state index contributed by atoms with van der Waals surface area (Å²) in [6.45, 7) is 0.669. The second-order valence-electron chi connectivity index (χ2n) is 5.54. The predicted octanol–water partition coefficient (Wildman–Crippen LogP) is 2.95. The molecule has 0 radical (unpaired) electrons. The topological polar surface area (TPSA) is 104 Å². The fourth-order valence-corrected chi connectivity index (χ4v) is 3.08. The molecule has 0 atom stereocenters. The van der Waals surface area contributed by atoms with E-state index in [0.717, 1.165) is 35.0 Å². The predicted molar refractivity (Wildman–Crippen MR) is 100 cm³/mol. The second kappa shape index (κ2) is 7.31. The van der Waals surface area contributed by atoms with Crippen LogP contribution in [0.1, 0.15) is 11.1 Å². The van der Waals surface area contributed by atoms with Crippen molar-refractivity contribution in [2.45, 2.75) is 6.42 Å². The van der Waals surface area contributed by atoms with Crippen molar-refractivity contribution in [3.05, 3.63) is 58.5 Å². The Morgan fingerprint density at radius 2 is 1.92 bits per heavy atom. The summed E-state index contributed by atoms with van der Waals surface area (Å²) >= 11 is 0.884. The molecule has 6 nitrogen and oxygen atoms in total. The van der Waals surface area contributed by atoms with Gasteiger partial charge in [-0.15, -0.1) is 0 Å². The summed E-state index contributed by atoms with van der Waals surface area (Å²) in [5.74, 6) is -0.136. The maximum atomic E-state index is 11.6. The Morgan fingerprint density at radius 3 is 2.60 bits per heavy atom. The molecule has 3 rings (SSSR count). The summed E-state index contributed by atoms with van der Waals surface area (Å²) < 4.78 is 0. The minimum atomic E-state index is -0.381. The van der Waals surface area contributed by atoms with E-state index >= 15 is 0 Å². The van der Waals surface area contributed by atoms with E-state index in [1.807, 2.05) is 18.2 Å². The van der Waals surface area contributed by atoms with Crippen molar-refractivity contribution in [2.24, 2.45) is 0 Å². The quantitative estimate of drug-likeness (QED) is 0.485. The standard InChI is InChI=1S/C18H17N3O3S/c19-14-6-3-12(10-16-17(23)21-18(24)25-16)9-15(14)20-8-7-11-1-4-13(22)5-2-11/h1-6,9-10,20,22H,7-8,19H2,(H,21,23,24)/b16-10+. The normalized spacial score (nSPS) is 15.4. The highest BCUT2D eigenvalue weighted by Crippen LogP contribution is 2.28. The number of rotatable bonds is 5. The number of carbonyl (C=O) groups is 2. The van der Waals surface area contributed by atoms with Crippen LogP contribution in [0.15, 0.2) is 47.4 Å². The molecule has 25 heavy (non-hydrogen) atoms. The number of imide groups is 1. The molecule has 1 aliphatic heterocycles. The first-order valence-electron chi connectivity index (χ1n) is 7.67. The fourth-order valence-electron chi connectivity index (χ4n) is 2.39. The van der Waals surface area contributed by atoms with E-state index in [9.17, 15) is 14.7 Å². The number of nitrogens with one attached hydrogen (secondary N) is 2. The van der Waals surface area contributed by atoms with Crippen molar-refractivity contribution < 1.29 is 14.7 Å². The number of nitrogens with two attached hydrogens (primary N) is 1. The second-order valence-corrected chi connectivity index (χ2v) is 6.56. The molecule has 5 N–H and O–H groups in total. The van der Waals surface area contributed by atoms with Crippen LogP contribution < -0.4 is 16.4 Å². The van der Waals surface area contributed by atoms with Gasteiger partial charge < -0.3 is 16.2 Å². The first-order chi connectivity index (χ1) is 12.0. The molecule has 128 valence electrons. The minimum absolute atomic E-state index is 0.244. The number of anilines is 2. The van der Waals surface area contributed by atoms with Gasteiger partial charge in [0.25, 0.3) is 11.1 Å². The van der Waals surface area contributed by atoms with Crippen LogP contribution >= 0.6 is 11.8 Å². The lowest BCUT2D eigenvalue weighted by molar-refractivity contribution is -0.115. The molecule has 0 bridgehead atoms. The highest BCUT2D eigenvalue weighted by molar-refractivity contribution is 8.18. The Balaban J connectivity index is 1.67. The Kier molecular flexibility index (Phi) is 4.95. The zero-order chi connectivity index (χ0) is 17.8. The first kappa shape index (κ1) is 16.9. The third kappa shape index (κ3) is 4.33. The van der Waals surface area contributed by atoms with E-state index in [1.54, 1.807) is 30.3 Å². The first-order valence-corrected chi connectivity index (χ1v) is 8.49. The lowest BCUT2D eigenvalue weighted by atomic mass is 10.1. The Morgan fingerprint density at radius 1 is 1.16 bits per heavy atom. The van der Waals surface area contributed by atoms with E-state index < -0.39 is 0 Å². The molecule has 0 aromatic heterocycles. The van der Waals surface area contributed by atoms with Gasteiger partial charge in [-0.05, 0) is 59.7 Å². The number of benzene rings is 2. The average molecular weight is 355 g/mol. The third-order valence-corrected chi connectivity index (χ3v) is 4.49. The molecule has 1 saturated heterocycles. The highest BCUT2D eigenvalue weighted by atomic mass is 32.2. The van der Waals surface area contributed by atoms with Crippen LogP contribution in [0.25, 0.3) is 6.08 Å². The van der Waals surface area contributed by atoms with Gasteiger partial charge in [0, 0.05) is 6.54 Å². The molecular weight excluding hydrogens is 338 g/mol. The van der Waals surface area contributed by atoms with Crippen LogP contribution in [0.2, 0.25) is 0 Å². The van der Waals surface area contributed by atoms with Crippen molar-refractivity contribution in [3.63, 3.8) is 0 Å². The van der Waals surface area contributed by atoms with Crippen LogP contribution in [0, 0.1) is 0 Å². The van der Waals surface area contributed by atoms with Gasteiger partial charge in [-0.3, -0.25) is 14.9 Å². The van der Waals surface area contributed by atoms with Crippen molar-refractivity contribution in [1.82, 2.24) is 5.32 Å². The summed E-state index contributed by atoms with van der Waals surface area (Å²) in [7, 11) is 0. The van der Waals surface area contributed by atoms with Crippen LogP contribution in [-0.4, -0.2) is 22.8 Å². The maximum Gasteiger partial charge on any atom is 0.290 e. The molecule has 2 aromatic rings. The zero-order valence-corrected chi connectivity index (χ0v) is 14.1. The molecule has 1 fully saturated rings. The van der Waals surface area contributed by atoms with Gasteiger partial charge >= 0.3 is 0 Å². The number of aromatic hydroxyl groups is 1. The number of carbonyl (C=O) groups excluding carboxylic acids is 2. The molecule has 0 spiro atoms. The Labute approximate surface area is 149 Å². The number of phenols is 1. The van der Waals surface area contributed by atoms with Gasteiger partial charge in [0.1, 0.15) is 5.75 Å². The molecule has 1 heterocycles. The molecular formula is C18H17N3O3S. The highest BCUT2D eigenvalue weighted by Gasteiger charge is 2.24. The Hall–Kier alpha value is -2.93. The zero-order valence-electron chi connectivity index (χ0n) is 13.3. The number of phenolic OH excluding ortho intramolecular Hbond substituents is 1. The van der Waals surface area contributed by atoms with E-state index in [4.69, 9.17) is 5.73 Å². The van der Waals surface area contributed by atoms with Gasteiger partial charge in [-0.2, -0.15) is 0 Å². The van der Waals surface area contributed by atoms with Gasteiger partial charge in [0.15, 0.2) is 0 Å². The smallest absolute Gasteiger partial charge is 0.290 e. The number of amides is 2. The van der Waals surface area contributed by atoms with Gasteiger partial charge in [0.05, 0.1) is 16.3 Å². The monoisotopic (exact) mass is 355 g/mol. The molecule has 0 aliphatic carbocycles. The van der Waals surface area contributed by atoms with E-state index in [1.165, 1.54) is 0 Å². The van der Waals surface area contributed by atoms with Crippen LogP contribution in [0.5, 0.6) is 5.75 Å². The van der Waals surface area contributed by atoms with Gasteiger partial charge in [-0.25, -0.2) is 0 Å². The molecule has 0 saturated carbocycles. The number of hydrogen-bond donors (Lipinski definition) is 4. The summed E-state index contributed by atoms with van der Waals surface area (Å²) in [6, 6.07) is 12.4. The lowest BCUT2D eigenvalue weighted by Gasteiger charge is -2.10. The minimum Gasteiger partial charge on any atom is -0.508 e. The maximum absolute atomic E-state index is 11.6. The Bertz CT molecular complexity index is 847. The van der Waals surface area contributed by atoms with E-state index in [2.05, 4.69) is 10.6 Å². The number of thioether (sulfide) groups is 1. The summed E-state index contributed by atoms with van der Waals surface area (Å²) in [6.07, 6.45) is 2.44. The summed E-state index contributed by atoms with van der Waals surface area (Å²) in [5.41, 5.74) is 9.24. The van der Waals surface area contributed by atoms with Crippen LogP contribution in [0.4, 0.5) is 16.2 Å². The van der Waals surface area contributed by atoms with Gasteiger partial charge in [-0.1, -0.05) is 18.2 Å². The summed E-state index contributed by atoms with van der Waals surface area (Å²) in [5, 5.41) is 14.4. The largest absolute Gasteiger partial charge is 0.508 e. The third-order valence-electron chi connectivity index (χ3n) is 3.68. The van der Waals surface area contributed by atoms with E-state index in [0.29, 0.717) is 17.1 Å². The van der Waals surface area contributed by atoms with Gasteiger partial charge in [0.2, 0.25) is 0 Å². The fraction of sp³-hybridized carbons (Fsp3) is 0.111. The molecule has 2 amide bonds. The molecule has 1 aliphatic rings. The molecule has 2 aromatic carbocycles. The molecule has 0 unspecified atom stereocenters. The SMILES string of the molecule is Nc1ccc(/C=C2/SC(=O)NC2=O)cc1NCCc1ccc(O)cc1. The van der Waals surface area contributed by atoms with E-state index in [-0.39, 0.29) is 16.9 Å².